The van der Waals surface area contributed by atoms with Gasteiger partial charge in [-0.05, 0) is 37.5 Å². The summed E-state index contributed by atoms with van der Waals surface area (Å²) in [7, 11) is 1.88. The first-order valence-corrected chi connectivity index (χ1v) is 5.05. The summed E-state index contributed by atoms with van der Waals surface area (Å²) in [5.74, 6) is 0. The normalized spacial score (nSPS) is 13.3. The molecule has 0 bridgehead atoms. The zero-order chi connectivity index (χ0) is 11.0. The summed E-state index contributed by atoms with van der Waals surface area (Å²) in [4.78, 5) is 0. The predicted octanol–water partition coefficient (Wildman–Crippen LogP) is 1.20. The molecule has 1 aromatic carbocycles. The maximum atomic E-state index is 9.37. The summed E-state index contributed by atoms with van der Waals surface area (Å²) in [6.45, 7) is 3.81. The van der Waals surface area contributed by atoms with Gasteiger partial charge >= 0.3 is 0 Å². The van der Waals surface area contributed by atoms with Gasteiger partial charge in [0.2, 0.25) is 0 Å². The first-order valence-electron chi connectivity index (χ1n) is 5.05. The van der Waals surface area contributed by atoms with Gasteiger partial charge in [-0.3, -0.25) is 0 Å². The van der Waals surface area contributed by atoms with Crippen LogP contribution in [0.4, 0.5) is 0 Å². The minimum Gasteiger partial charge on any atom is -0.393 e. The molecule has 4 nitrogen and oxygen atoms in total. The van der Waals surface area contributed by atoms with Gasteiger partial charge in [0.25, 0.3) is 0 Å². The van der Waals surface area contributed by atoms with Crippen LogP contribution in [-0.4, -0.2) is 26.2 Å². The molecule has 0 saturated carbocycles. The van der Waals surface area contributed by atoms with Gasteiger partial charge in [0.15, 0.2) is 0 Å². The summed E-state index contributed by atoms with van der Waals surface area (Å²) in [5.41, 5.74) is 4.21. The van der Waals surface area contributed by atoms with Crippen LogP contribution in [0.25, 0.3) is 11.0 Å². The van der Waals surface area contributed by atoms with Crippen molar-refractivity contribution in [2.45, 2.75) is 26.4 Å². The van der Waals surface area contributed by atoms with Crippen molar-refractivity contribution in [2.24, 2.45) is 7.05 Å². The zero-order valence-corrected chi connectivity index (χ0v) is 9.23. The highest BCUT2D eigenvalue weighted by molar-refractivity contribution is 5.79. The number of hydrogen-bond donors (Lipinski definition) is 1. The van der Waals surface area contributed by atoms with Crippen LogP contribution in [0.1, 0.15) is 18.1 Å². The van der Waals surface area contributed by atoms with Crippen molar-refractivity contribution >= 4 is 11.0 Å². The lowest BCUT2D eigenvalue weighted by atomic mass is 10.0. The van der Waals surface area contributed by atoms with Gasteiger partial charge in [-0.25, -0.2) is 4.68 Å². The number of nitrogens with zero attached hydrogens (tertiary/aromatic N) is 3. The SMILES string of the molecule is Cc1c(CC(C)O)ccc2c1nnn2C. The van der Waals surface area contributed by atoms with Crippen LogP contribution >= 0.6 is 0 Å². The number of benzene rings is 1. The Kier molecular flexibility index (Phi) is 2.44. The number of aliphatic hydroxyl groups is 1. The van der Waals surface area contributed by atoms with Crippen molar-refractivity contribution in [1.82, 2.24) is 15.0 Å². The molecular formula is C11H15N3O. The van der Waals surface area contributed by atoms with Crippen LogP contribution in [0.15, 0.2) is 12.1 Å². The Morgan fingerprint density at radius 2 is 2.20 bits per heavy atom. The second-order valence-corrected chi connectivity index (χ2v) is 3.98. The lowest BCUT2D eigenvalue weighted by molar-refractivity contribution is 0.195. The number of rotatable bonds is 2. The lowest BCUT2D eigenvalue weighted by Gasteiger charge is -2.08. The Morgan fingerprint density at radius 1 is 1.47 bits per heavy atom. The van der Waals surface area contributed by atoms with E-state index in [-0.39, 0.29) is 6.10 Å². The van der Waals surface area contributed by atoms with Crippen molar-refractivity contribution < 1.29 is 5.11 Å². The Balaban J connectivity index is 2.55. The van der Waals surface area contributed by atoms with Crippen LogP contribution in [0.3, 0.4) is 0 Å². The second kappa shape index (κ2) is 3.62. The molecule has 15 heavy (non-hydrogen) atoms. The van der Waals surface area contributed by atoms with Gasteiger partial charge in [-0.2, -0.15) is 0 Å². The zero-order valence-electron chi connectivity index (χ0n) is 9.23. The van der Waals surface area contributed by atoms with Crippen molar-refractivity contribution in [2.75, 3.05) is 0 Å². The van der Waals surface area contributed by atoms with E-state index in [4.69, 9.17) is 0 Å². The molecule has 0 aliphatic heterocycles. The minimum absolute atomic E-state index is 0.321. The highest BCUT2D eigenvalue weighted by Gasteiger charge is 2.09. The molecule has 2 rings (SSSR count). The average molecular weight is 205 g/mol. The van der Waals surface area contributed by atoms with Gasteiger partial charge in [-0.1, -0.05) is 11.3 Å². The van der Waals surface area contributed by atoms with E-state index in [1.165, 1.54) is 0 Å². The van der Waals surface area contributed by atoms with Crippen LogP contribution < -0.4 is 0 Å². The number of aliphatic hydroxyl groups excluding tert-OH is 1. The van der Waals surface area contributed by atoms with E-state index in [0.717, 1.165) is 22.2 Å². The van der Waals surface area contributed by atoms with Gasteiger partial charge in [0.05, 0.1) is 11.6 Å². The molecule has 1 N–H and O–H groups in total. The quantitative estimate of drug-likeness (QED) is 0.801. The van der Waals surface area contributed by atoms with Crippen LogP contribution in [0.5, 0.6) is 0 Å². The van der Waals surface area contributed by atoms with Gasteiger partial charge in [0, 0.05) is 7.05 Å². The molecule has 0 saturated heterocycles. The third-order valence-corrected chi connectivity index (χ3v) is 2.66. The third kappa shape index (κ3) is 1.72. The van der Waals surface area contributed by atoms with Crippen LogP contribution in [-0.2, 0) is 13.5 Å². The Bertz CT molecular complexity index is 488. The van der Waals surface area contributed by atoms with Crippen molar-refractivity contribution in [1.29, 1.82) is 0 Å². The van der Waals surface area contributed by atoms with E-state index in [1.54, 1.807) is 11.6 Å². The molecule has 4 heteroatoms. The highest BCUT2D eigenvalue weighted by Crippen LogP contribution is 2.20. The minimum atomic E-state index is -0.321. The molecule has 0 radical (unpaired) electrons. The van der Waals surface area contributed by atoms with E-state index in [9.17, 15) is 5.11 Å². The molecule has 1 atom stereocenters. The van der Waals surface area contributed by atoms with E-state index in [2.05, 4.69) is 10.3 Å². The summed E-state index contributed by atoms with van der Waals surface area (Å²) in [6.07, 6.45) is 0.344. The van der Waals surface area contributed by atoms with Gasteiger partial charge < -0.3 is 5.11 Å². The summed E-state index contributed by atoms with van der Waals surface area (Å²) >= 11 is 0. The fourth-order valence-electron chi connectivity index (χ4n) is 1.81. The molecular weight excluding hydrogens is 190 g/mol. The average Bonchev–Trinajstić information content (AvgIpc) is 2.53. The van der Waals surface area contributed by atoms with E-state index in [0.29, 0.717) is 6.42 Å². The molecule has 1 unspecified atom stereocenters. The fourth-order valence-corrected chi connectivity index (χ4v) is 1.81. The summed E-state index contributed by atoms with van der Waals surface area (Å²) in [5, 5.41) is 17.5. The summed E-state index contributed by atoms with van der Waals surface area (Å²) in [6, 6.07) is 4.04. The van der Waals surface area contributed by atoms with Gasteiger partial charge in [-0.15, -0.1) is 5.10 Å². The largest absolute Gasteiger partial charge is 0.393 e. The first kappa shape index (κ1) is 10.1. The number of fused-ring (bicyclic) bond motifs is 1. The smallest absolute Gasteiger partial charge is 0.116 e. The molecule has 0 aliphatic carbocycles. The molecule has 1 heterocycles. The maximum absolute atomic E-state index is 9.37. The monoisotopic (exact) mass is 205 g/mol. The molecule has 0 spiro atoms. The molecule has 0 aliphatic rings. The van der Waals surface area contributed by atoms with E-state index in [1.807, 2.05) is 26.1 Å². The van der Waals surface area contributed by atoms with Crippen molar-refractivity contribution in [3.05, 3.63) is 23.3 Å². The number of aryl methyl sites for hydroxylation is 2. The lowest BCUT2D eigenvalue weighted by Crippen LogP contribution is -2.05. The summed E-state index contributed by atoms with van der Waals surface area (Å²) < 4.78 is 1.76. The Labute approximate surface area is 88.5 Å². The first-order chi connectivity index (χ1) is 7.09. The molecule has 0 amide bonds. The molecule has 0 fully saturated rings. The Morgan fingerprint density at radius 3 is 2.87 bits per heavy atom. The standard InChI is InChI=1S/C11H15N3O/c1-7(15)6-9-4-5-10-11(8(9)2)12-13-14(10)3/h4-5,7,15H,6H2,1-3H3. The highest BCUT2D eigenvalue weighted by atomic mass is 16.3. The second-order valence-electron chi connectivity index (χ2n) is 3.98. The fraction of sp³-hybridized carbons (Fsp3) is 0.455. The van der Waals surface area contributed by atoms with Crippen molar-refractivity contribution in [3.63, 3.8) is 0 Å². The molecule has 1 aromatic heterocycles. The topological polar surface area (TPSA) is 50.9 Å². The van der Waals surface area contributed by atoms with Crippen LogP contribution in [0, 0.1) is 6.92 Å². The number of aromatic nitrogens is 3. The Hall–Kier alpha value is -1.42. The third-order valence-electron chi connectivity index (χ3n) is 2.66. The van der Waals surface area contributed by atoms with E-state index < -0.39 is 0 Å². The van der Waals surface area contributed by atoms with E-state index >= 15 is 0 Å². The molecule has 2 aromatic rings. The van der Waals surface area contributed by atoms with Crippen LogP contribution in [0.2, 0.25) is 0 Å². The number of hydrogen-bond acceptors (Lipinski definition) is 3. The van der Waals surface area contributed by atoms with Crippen molar-refractivity contribution in [3.8, 4) is 0 Å². The maximum Gasteiger partial charge on any atom is 0.116 e. The van der Waals surface area contributed by atoms with Gasteiger partial charge in [0.1, 0.15) is 5.52 Å². The molecule has 80 valence electrons. The predicted molar refractivity (Wildman–Crippen MR) is 58.6 cm³/mol.